The van der Waals surface area contributed by atoms with Crippen LogP contribution in [0.25, 0.3) is 0 Å². The Morgan fingerprint density at radius 2 is 2.15 bits per heavy atom. The van der Waals surface area contributed by atoms with E-state index in [1.807, 2.05) is 13.8 Å². The van der Waals surface area contributed by atoms with Crippen LogP contribution < -0.4 is 5.32 Å². The highest BCUT2D eigenvalue weighted by molar-refractivity contribution is 5.76. The molecule has 0 amide bonds. The van der Waals surface area contributed by atoms with Crippen molar-refractivity contribution in [3.8, 4) is 0 Å². The van der Waals surface area contributed by atoms with E-state index in [4.69, 9.17) is 0 Å². The molecule has 78 valence electrons. The van der Waals surface area contributed by atoms with Crippen LogP contribution in [-0.4, -0.2) is 31.8 Å². The second-order valence-corrected chi connectivity index (χ2v) is 2.67. The van der Waals surface area contributed by atoms with Gasteiger partial charge in [-0.3, -0.25) is 10.1 Å². The molecule has 0 bridgehead atoms. The third kappa shape index (κ3) is 3.72. The zero-order chi connectivity index (χ0) is 10.3. The number of carbonyl (C=O) groups excluding carboxylic acids is 1. The Kier molecular flexibility index (Phi) is 6.49. The van der Waals surface area contributed by atoms with Crippen LogP contribution in [0.4, 0.5) is 4.39 Å². The minimum absolute atomic E-state index is 0.154. The summed E-state index contributed by atoms with van der Waals surface area (Å²) in [6.07, 6.45) is 1.40. The Labute approximate surface area is 78.6 Å². The summed E-state index contributed by atoms with van der Waals surface area (Å²) in [6.45, 7) is 3.59. The molecule has 1 aliphatic heterocycles. The standard InChI is InChI=1S/C7H12FNO2.C2H6/c1-11-7(10)6-3-2-5(4-8)9-6;1-2/h5-6,9H,2-4H2,1H3;1-2H3. The highest BCUT2D eigenvalue weighted by atomic mass is 19.1. The molecule has 1 saturated heterocycles. The summed E-state index contributed by atoms with van der Waals surface area (Å²) >= 11 is 0. The van der Waals surface area contributed by atoms with Gasteiger partial charge in [0.05, 0.1) is 7.11 Å². The lowest BCUT2D eigenvalue weighted by Crippen LogP contribution is -2.37. The van der Waals surface area contributed by atoms with E-state index in [0.717, 1.165) is 6.42 Å². The smallest absolute Gasteiger partial charge is 0.322 e. The molecule has 0 spiro atoms. The summed E-state index contributed by atoms with van der Waals surface area (Å²) in [5.41, 5.74) is 0. The van der Waals surface area contributed by atoms with Gasteiger partial charge in [0, 0.05) is 6.04 Å². The van der Waals surface area contributed by atoms with Crippen molar-refractivity contribution in [3.05, 3.63) is 0 Å². The van der Waals surface area contributed by atoms with Gasteiger partial charge in [0.25, 0.3) is 0 Å². The second-order valence-electron chi connectivity index (χ2n) is 2.67. The lowest BCUT2D eigenvalue weighted by Gasteiger charge is -2.08. The first-order valence-corrected chi connectivity index (χ1v) is 4.67. The summed E-state index contributed by atoms with van der Waals surface area (Å²) in [7, 11) is 1.34. The summed E-state index contributed by atoms with van der Waals surface area (Å²) in [5, 5.41) is 2.84. The quantitative estimate of drug-likeness (QED) is 0.668. The predicted octanol–water partition coefficient (Wildman–Crippen LogP) is 1.28. The van der Waals surface area contributed by atoms with Crippen LogP contribution in [0.5, 0.6) is 0 Å². The molecule has 2 unspecified atom stereocenters. The maximum absolute atomic E-state index is 12.0. The van der Waals surface area contributed by atoms with Crippen molar-refractivity contribution < 1.29 is 13.9 Å². The summed E-state index contributed by atoms with van der Waals surface area (Å²) in [6, 6.07) is -0.445. The van der Waals surface area contributed by atoms with Gasteiger partial charge in [-0.2, -0.15) is 0 Å². The Hall–Kier alpha value is -0.640. The van der Waals surface area contributed by atoms with Gasteiger partial charge < -0.3 is 4.74 Å². The van der Waals surface area contributed by atoms with Crippen molar-refractivity contribution in [1.29, 1.82) is 0 Å². The Morgan fingerprint density at radius 1 is 1.54 bits per heavy atom. The van der Waals surface area contributed by atoms with Crippen LogP contribution in [-0.2, 0) is 9.53 Å². The topological polar surface area (TPSA) is 38.3 Å². The van der Waals surface area contributed by atoms with Crippen molar-refractivity contribution in [2.24, 2.45) is 0 Å². The second kappa shape index (κ2) is 6.83. The van der Waals surface area contributed by atoms with Crippen molar-refractivity contribution in [2.75, 3.05) is 13.8 Å². The molecule has 13 heavy (non-hydrogen) atoms. The van der Waals surface area contributed by atoms with Crippen molar-refractivity contribution in [2.45, 2.75) is 38.8 Å². The first-order chi connectivity index (χ1) is 6.27. The number of carbonyl (C=O) groups is 1. The normalized spacial score (nSPS) is 26.2. The number of methoxy groups -OCH3 is 1. The first kappa shape index (κ1) is 12.4. The van der Waals surface area contributed by atoms with E-state index >= 15 is 0 Å². The van der Waals surface area contributed by atoms with Crippen molar-refractivity contribution in [1.82, 2.24) is 5.32 Å². The molecular weight excluding hydrogens is 173 g/mol. The van der Waals surface area contributed by atoms with Gasteiger partial charge in [0.2, 0.25) is 0 Å². The number of ether oxygens (including phenoxy) is 1. The highest BCUT2D eigenvalue weighted by Crippen LogP contribution is 2.13. The average molecular weight is 191 g/mol. The van der Waals surface area contributed by atoms with Gasteiger partial charge in [0.15, 0.2) is 0 Å². The fourth-order valence-electron chi connectivity index (χ4n) is 1.27. The van der Waals surface area contributed by atoms with Gasteiger partial charge in [-0.25, -0.2) is 4.39 Å². The molecule has 0 aromatic heterocycles. The van der Waals surface area contributed by atoms with Crippen LogP contribution >= 0.6 is 0 Å². The van der Waals surface area contributed by atoms with Crippen LogP contribution in [0.3, 0.4) is 0 Å². The van der Waals surface area contributed by atoms with E-state index in [0.29, 0.717) is 6.42 Å². The molecule has 0 saturated carbocycles. The monoisotopic (exact) mass is 191 g/mol. The van der Waals surface area contributed by atoms with Crippen LogP contribution in [0.15, 0.2) is 0 Å². The average Bonchev–Trinajstić information content (AvgIpc) is 2.68. The summed E-state index contributed by atoms with van der Waals surface area (Å²) in [4.78, 5) is 10.9. The molecule has 1 rings (SSSR count). The van der Waals surface area contributed by atoms with E-state index in [1.54, 1.807) is 0 Å². The summed E-state index contributed by atoms with van der Waals surface area (Å²) in [5.74, 6) is -0.291. The third-order valence-electron chi connectivity index (χ3n) is 1.91. The maximum Gasteiger partial charge on any atom is 0.322 e. The molecule has 1 N–H and O–H groups in total. The highest BCUT2D eigenvalue weighted by Gasteiger charge is 2.29. The van der Waals surface area contributed by atoms with E-state index in [2.05, 4.69) is 10.1 Å². The van der Waals surface area contributed by atoms with Crippen LogP contribution in [0.1, 0.15) is 26.7 Å². The van der Waals surface area contributed by atoms with Crippen LogP contribution in [0.2, 0.25) is 0 Å². The van der Waals surface area contributed by atoms with E-state index in [9.17, 15) is 9.18 Å². The largest absolute Gasteiger partial charge is 0.468 e. The zero-order valence-corrected chi connectivity index (χ0v) is 8.47. The molecule has 2 atom stereocenters. The fourth-order valence-corrected chi connectivity index (χ4v) is 1.27. The summed E-state index contributed by atoms with van der Waals surface area (Å²) < 4.78 is 16.5. The van der Waals surface area contributed by atoms with Crippen LogP contribution in [0, 0.1) is 0 Å². The Balaban J connectivity index is 0.000000671. The minimum Gasteiger partial charge on any atom is -0.468 e. The number of rotatable bonds is 2. The molecule has 0 aliphatic carbocycles. The molecule has 3 nitrogen and oxygen atoms in total. The van der Waals surface area contributed by atoms with Gasteiger partial charge >= 0.3 is 5.97 Å². The van der Waals surface area contributed by atoms with Gasteiger partial charge in [-0.1, -0.05) is 13.8 Å². The number of nitrogens with one attached hydrogen (secondary N) is 1. The number of esters is 1. The number of hydrogen-bond donors (Lipinski definition) is 1. The lowest BCUT2D eigenvalue weighted by molar-refractivity contribution is -0.142. The van der Waals surface area contributed by atoms with E-state index < -0.39 is 6.67 Å². The fraction of sp³-hybridized carbons (Fsp3) is 0.889. The molecule has 1 aliphatic rings. The number of alkyl halides is 1. The van der Waals surface area contributed by atoms with E-state index in [1.165, 1.54) is 7.11 Å². The molecule has 0 aromatic carbocycles. The number of halogens is 1. The lowest BCUT2D eigenvalue weighted by atomic mass is 10.2. The molecule has 0 aromatic rings. The SMILES string of the molecule is CC.COC(=O)C1CCC(CF)N1. The molecular formula is C9H18FNO2. The van der Waals surface area contributed by atoms with Gasteiger partial charge in [-0.15, -0.1) is 0 Å². The van der Waals surface area contributed by atoms with E-state index in [-0.39, 0.29) is 18.1 Å². The Morgan fingerprint density at radius 3 is 2.54 bits per heavy atom. The first-order valence-electron chi connectivity index (χ1n) is 4.67. The third-order valence-corrected chi connectivity index (χ3v) is 1.91. The van der Waals surface area contributed by atoms with Crippen molar-refractivity contribution in [3.63, 3.8) is 0 Å². The van der Waals surface area contributed by atoms with Crippen molar-refractivity contribution >= 4 is 5.97 Å². The molecule has 0 radical (unpaired) electrons. The zero-order valence-electron chi connectivity index (χ0n) is 8.47. The molecule has 1 fully saturated rings. The maximum atomic E-state index is 12.0. The Bertz CT molecular complexity index is 153. The number of hydrogen-bond acceptors (Lipinski definition) is 3. The predicted molar refractivity (Wildman–Crippen MR) is 49.3 cm³/mol. The molecule has 4 heteroatoms. The minimum atomic E-state index is -0.409. The molecule has 1 heterocycles. The van der Waals surface area contributed by atoms with Gasteiger partial charge in [0.1, 0.15) is 12.7 Å². The van der Waals surface area contributed by atoms with Gasteiger partial charge in [-0.05, 0) is 12.8 Å².